The van der Waals surface area contributed by atoms with E-state index in [1.54, 1.807) is 0 Å². The number of hydrogen-bond donors (Lipinski definition) is 1. The van der Waals surface area contributed by atoms with Crippen molar-refractivity contribution < 1.29 is 18.3 Å². The average Bonchev–Trinajstić information content (AvgIpc) is 2.53. The van der Waals surface area contributed by atoms with E-state index in [9.17, 15) is 18.3 Å². The van der Waals surface area contributed by atoms with Gasteiger partial charge in [-0.3, -0.25) is 4.79 Å². The van der Waals surface area contributed by atoms with Crippen LogP contribution in [0.15, 0.2) is 41.3 Å². The predicted octanol–water partition coefficient (Wildman–Crippen LogP) is 3.58. The minimum Gasteiger partial charge on any atom is -0.480 e. The normalized spacial score (nSPS) is 13.0. The van der Waals surface area contributed by atoms with E-state index < -0.39 is 22.0 Å². The van der Waals surface area contributed by atoms with Gasteiger partial charge in [-0.25, -0.2) is 8.42 Å². The molecule has 0 spiro atoms. The van der Waals surface area contributed by atoms with Crippen LogP contribution in [0, 0.1) is 20.8 Å². The predicted molar refractivity (Wildman–Crippen MR) is 102 cm³/mol. The number of halogens is 1. The van der Waals surface area contributed by atoms with E-state index in [2.05, 4.69) is 0 Å². The van der Waals surface area contributed by atoms with Crippen molar-refractivity contribution in [1.82, 2.24) is 4.31 Å². The van der Waals surface area contributed by atoms with Gasteiger partial charge in [-0.05, 0) is 61.7 Å². The number of carbonyl (C=O) groups is 1. The Kier molecular flexibility index (Phi) is 6.11. The molecule has 0 aromatic heterocycles. The molecule has 7 heteroatoms. The molecule has 0 amide bonds. The van der Waals surface area contributed by atoms with Crippen LogP contribution in [0.3, 0.4) is 0 Å². The number of sulfonamides is 1. The number of nitrogens with zero attached hydrogens (tertiary/aromatic N) is 1. The summed E-state index contributed by atoms with van der Waals surface area (Å²) in [5.74, 6) is -1.19. The van der Waals surface area contributed by atoms with Gasteiger partial charge in [0.25, 0.3) is 0 Å². The van der Waals surface area contributed by atoms with Crippen LogP contribution < -0.4 is 0 Å². The standard InChI is InChI=1S/C19H22ClNO4S/c1-12-9-13(2)17(14(3)10-12)11-18(19(22)23)21(4)26(24,25)16-7-5-15(20)6-8-16/h5-10,18H,11H2,1-4H3,(H,22,23). The number of rotatable bonds is 6. The van der Waals surface area contributed by atoms with Crippen molar-refractivity contribution in [2.75, 3.05) is 7.05 Å². The van der Waals surface area contributed by atoms with Gasteiger partial charge in [0.1, 0.15) is 6.04 Å². The van der Waals surface area contributed by atoms with E-state index in [1.165, 1.54) is 31.3 Å². The Balaban J connectivity index is 2.41. The highest BCUT2D eigenvalue weighted by Gasteiger charge is 2.33. The average molecular weight is 396 g/mol. The molecule has 0 heterocycles. The Morgan fingerprint density at radius 1 is 1.12 bits per heavy atom. The molecular formula is C19H22ClNO4S. The van der Waals surface area contributed by atoms with E-state index in [-0.39, 0.29) is 11.3 Å². The summed E-state index contributed by atoms with van der Waals surface area (Å²) in [5, 5.41) is 10.1. The molecule has 1 atom stereocenters. The molecule has 2 rings (SSSR count). The number of aliphatic carboxylic acids is 1. The Morgan fingerprint density at radius 3 is 2.08 bits per heavy atom. The molecule has 0 bridgehead atoms. The molecule has 2 aromatic carbocycles. The molecule has 0 aliphatic heterocycles. The van der Waals surface area contributed by atoms with Crippen molar-refractivity contribution in [2.45, 2.75) is 38.1 Å². The smallest absolute Gasteiger partial charge is 0.322 e. The Labute approximate surface area is 159 Å². The summed E-state index contributed by atoms with van der Waals surface area (Å²) in [6.45, 7) is 5.78. The molecule has 0 saturated carbocycles. The summed E-state index contributed by atoms with van der Waals surface area (Å²) in [4.78, 5) is 11.8. The lowest BCUT2D eigenvalue weighted by molar-refractivity contribution is -0.141. The van der Waals surface area contributed by atoms with Crippen molar-refractivity contribution >= 4 is 27.6 Å². The van der Waals surface area contributed by atoms with Gasteiger partial charge in [-0.15, -0.1) is 0 Å². The third kappa shape index (κ3) is 4.26. The fourth-order valence-electron chi connectivity index (χ4n) is 3.04. The van der Waals surface area contributed by atoms with Crippen LogP contribution in [0.25, 0.3) is 0 Å². The minimum absolute atomic E-state index is 0.00741. The summed E-state index contributed by atoms with van der Waals surface area (Å²) in [7, 11) is -2.67. The summed E-state index contributed by atoms with van der Waals surface area (Å²) in [5.41, 5.74) is 3.83. The number of hydrogen-bond acceptors (Lipinski definition) is 3. The number of carboxylic acids is 1. The first-order valence-electron chi connectivity index (χ1n) is 8.07. The van der Waals surface area contributed by atoms with Crippen LogP contribution in [-0.2, 0) is 21.2 Å². The molecule has 0 radical (unpaired) electrons. The van der Waals surface area contributed by atoms with Gasteiger partial charge in [-0.1, -0.05) is 29.3 Å². The highest BCUT2D eigenvalue weighted by atomic mass is 35.5. The molecule has 140 valence electrons. The first-order valence-corrected chi connectivity index (χ1v) is 9.89. The second-order valence-corrected chi connectivity index (χ2v) is 8.84. The molecule has 5 nitrogen and oxygen atoms in total. The summed E-state index contributed by atoms with van der Waals surface area (Å²) in [6.07, 6.45) is 0.0938. The fraction of sp³-hybridized carbons (Fsp3) is 0.316. The quantitative estimate of drug-likeness (QED) is 0.811. The lowest BCUT2D eigenvalue weighted by Gasteiger charge is -2.25. The second kappa shape index (κ2) is 7.78. The van der Waals surface area contributed by atoms with Gasteiger partial charge in [0.2, 0.25) is 10.0 Å². The van der Waals surface area contributed by atoms with Crippen LogP contribution in [0.2, 0.25) is 5.02 Å². The minimum atomic E-state index is -3.96. The number of benzene rings is 2. The SMILES string of the molecule is Cc1cc(C)c(CC(C(=O)O)N(C)S(=O)(=O)c2ccc(Cl)cc2)c(C)c1. The van der Waals surface area contributed by atoms with E-state index >= 15 is 0 Å². The number of aryl methyl sites for hydroxylation is 3. The Bertz CT molecular complexity index is 900. The maximum absolute atomic E-state index is 12.8. The molecule has 26 heavy (non-hydrogen) atoms. The van der Waals surface area contributed by atoms with E-state index in [4.69, 9.17) is 11.6 Å². The van der Waals surface area contributed by atoms with Crippen LogP contribution in [-0.4, -0.2) is 36.9 Å². The van der Waals surface area contributed by atoms with Gasteiger partial charge in [-0.2, -0.15) is 4.31 Å². The Morgan fingerprint density at radius 2 is 1.62 bits per heavy atom. The first-order chi connectivity index (χ1) is 12.0. The van der Waals surface area contributed by atoms with Crippen LogP contribution in [0.5, 0.6) is 0 Å². The molecule has 0 aliphatic rings. The van der Waals surface area contributed by atoms with Gasteiger partial charge in [0.15, 0.2) is 0 Å². The van der Waals surface area contributed by atoms with E-state index in [0.29, 0.717) is 5.02 Å². The maximum atomic E-state index is 12.8. The van der Waals surface area contributed by atoms with Crippen molar-refractivity contribution in [3.63, 3.8) is 0 Å². The van der Waals surface area contributed by atoms with Gasteiger partial charge < -0.3 is 5.11 Å². The monoisotopic (exact) mass is 395 g/mol. The maximum Gasteiger partial charge on any atom is 0.322 e. The zero-order chi connectivity index (χ0) is 19.6. The zero-order valence-corrected chi connectivity index (χ0v) is 16.7. The molecule has 2 aromatic rings. The number of likely N-dealkylation sites (N-methyl/N-ethyl adjacent to an activating group) is 1. The van der Waals surface area contributed by atoms with Crippen molar-refractivity contribution in [2.24, 2.45) is 0 Å². The van der Waals surface area contributed by atoms with Crippen molar-refractivity contribution in [3.05, 3.63) is 63.7 Å². The third-order valence-corrected chi connectivity index (χ3v) is 6.59. The van der Waals surface area contributed by atoms with Crippen molar-refractivity contribution in [1.29, 1.82) is 0 Å². The number of carboxylic acid groups (broad SMARTS) is 1. The van der Waals surface area contributed by atoms with Gasteiger partial charge >= 0.3 is 5.97 Å². The largest absolute Gasteiger partial charge is 0.480 e. The van der Waals surface area contributed by atoms with Crippen LogP contribution in [0.1, 0.15) is 22.3 Å². The highest BCUT2D eigenvalue weighted by Crippen LogP contribution is 2.24. The molecule has 0 saturated heterocycles. The Hall–Kier alpha value is -1.89. The lowest BCUT2D eigenvalue weighted by Crippen LogP contribution is -2.44. The first kappa shape index (κ1) is 20.4. The topological polar surface area (TPSA) is 74.7 Å². The molecule has 1 N–H and O–H groups in total. The lowest BCUT2D eigenvalue weighted by atomic mass is 9.94. The zero-order valence-electron chi connectivity index (χ0n) is 15.2. The fourth-order valence-corrected chi connectivity index (χ4v) is 4.48. The molecular weight excluding hydrogens is 374 g/mol. The van der Waals surface area contributed by atoms with E-state index in [1.807, 2.05) is 32.9 Å². The molecule has 1 unspecified atom stereocenters. The summed E-state index contributed by atoms with van der Waals surface area (Å²) in [6, 6.07) is 8.39. The van der Waals surface area contributed by atoms with Gasteiger partial charge in [0.05, 0.1) is 4.90 Å². The molecule has 0 aliphatic carbocycles. The van der Waals surface area contributed by atoms with Gasteiger partial charge in [0, 0.05) is 18.5 Å². The second-order valence-electron chi connectivity index (χ2n) is 6.41. The van der Waals surface area contributed by atoms with Crippen molar-refractivity contribution in [3.8, 4) is 0 Å². The summed E-state index contributed by atoms with van der Waals surface area (Å²) >= 11 is 5.81. The third-order valence-electron chi connectivity index (χ3n) is 4.45. The molecule has 0 fully saturated rings. The van der Waals surface area contributed by atoms with E-state index in [0.717, 1.165) is 26.6 Å². The summed E-state index contributed by atoms with van der Waals surface area (Å²) < 4.78 is 26.6. The van der Waals surface area contributed by atoms with Crippen LogP contribution in [0.4, 0.5) is 0 Å². The highest BCUT2D eigenvalue weighted by molar-refractivity contribution is 7.89. The van der Waals surface area contributed by atoms with Crippen LogP contribution >= 0.6 is 11.6 Å².